The molecule has 21 heavy (non-hydrogen) atoms. The van der Waals surface area contributed by atoms with Crippen LogP contribution in [-0.4, -0.2) is 5.88 Å². The van der Waals surface area contributed by atoms with Crippen molar-refractivity contribution in [2.24, 2.45) is 0 Å². The minimum absolute atomic E-state index is 0.201. The number of hydrogen-bond donors (Lipinski definition) is 0. The van der Waals surface area contributed by atoms with Crippen molar-refractivity contribution < 1.29 is 9.13 Å². The lowest BCUT2D eigenvalue weighted by molar-refractivity contribution is 0.304. The van der Waals surface area contributed by atoms with Gasteiger partial charge in [-0.25, -0.2) is 4.39 Å². The maximum Gasteiger partial charge on any atom is 0.135 e. The van der Waals surface area contributed by atoms with Crippen LogP contribution < -0.4 is 4.74 Å². The van der Waals surface area contributed by atoms with E-state index in [2.05, 4.69) is 30.0 Å². The van der Waals surface area contributed by atoms with Crippen LogP contribution in [0.5, 0.6) is 5.75 Å². The highest BCUT2D eigenvalue weighted by Crippen LogP contribution is 2.20. The van der Waals surface area contributed by atoms with Crippen LogP contribution in [0.3, 0.4) is 0 Å². The zero-order valence-electron chi connectivity index (χ0n) is 12.0. The lowest BCUT2D eigenvalue weighted by atomic mass is 10.1. The van der Waals surface area contributed by atoms with Gasteiger partial charge in [0.15, 0.2) is 0 Å². The van der Waals surface area contributed by atoms with E-state index in [1.165, 1.54) is 23.3 Å². The summed E-state index contributed by atoms with van der Waals surface area (Å²) in [7, 11) is 0. The quantitative estimate of drug-likeness (QED) is 0.594. The van der Waals surface area contributed by atoms with Gasteiger partial charge in [0.1, 0.15) is 18.2 Å². The molecule has 0 amide bonds. The van der Waals surface area contributed by atoms with Gasteiger partial charge < -0.3 is 4.74 Å². The zero-order chi connectivity index (χ0) is 15.2. The van der Waals surface area contributed by atoms with Crippen LogP contribution in [0.2, 0.25) is 0 Å². The Kier molecular flexibility index (Phi) is 5.25. The third-order valence-corrected chi connectivity index (χ3v) is 3.04. The molecule has 0 aliphatic carbocycles. The van der Waals surface area contributed by atoms with E-state index in [9.17, 15) is 4.39 Å². The number of ether oxygens (including phenoxy) is 1. The molecule has 0 aromatic heterocycles. The summed E-state index contributed by atoms with van der Waals surface area (Å²) in [6.45, 7) is 4.52. The third-order valence-electron chi connectivity index (χ3n) is 2.91. The second kappa shape index (κ2) is 7.15. The molecule has 3 heteroatoms. The SMILES string of the molecule is Cc1cc(C)cc(COc2ccc(F)cc2C#CCCl)c1. The van der Waals surface area contributed by atoms with Crippen LogP contribution in [0.25, 0.3) is 0 Å². The second-order valence-electron chi connectivity index (χ2n) is 4.86. The van der Waals surface area contributed by atoms with Gasteiger partial charge in [0, 0.05) is 0 Å². The van der Waals surface area contributed by atoms with E-state index in [4.69, 9.17) is 16.3 Å². The van der Waals surface area contributed by atoms with Crippen molar-refractivity contribution in [1.29, 1.82) is 0 Å². The van der Waals surface area contributed by atoms with Crippen molar-refractivity contribution in [3.63, 3.8) is 0 Å². The maximum atomic E-state index is 13.3. The fraction of sp³-hybridized carbons (Fsp3) is 0.222. The Hall–Kier alpha value is -1.98. The normalized spacial score (nSPS) is 9.90. The van der Waals surface area contributed by atoms with Gasteiger partial charge in [0.2, 0.25) is 0 Å². The van der Waals surface area contributed by atoms with E-state index in [0.717, 1.165) is 5.56 Å². The van der Waals surface area contributed by atoms with Crippen LogP contribution in [0, 0.1) is 31.5 Å². The van der Waals surface area contributed by atoms with Gasteiger partial charge >= 0.3 is 0 Å². The lowest BCUT2D eigenvalue weighted by Crippen LogP contribution is -1.99. The van der Waals surface area contributed by atoms with Crippen LogP contribution in [0.1, 0.15) is 22.3 Å². The van der Waals surface area contributed by atoms with Gasteiger partial charge in [-0.2, -0.15) is 0 Å². The van der Waals surface area contributed by atoms with Crippen molar-refractivity contribution in [1.82, 2.24) is 0 Å². The van der Waals surface area contributed by atoms with Crippen LogP contribution in [0.4, 0.5) is 4.39 Å². The fourth-order valence-electron chi connectivity index (χ4n) is 2.17. The highest BCUT2D eigenvalue weighted by Gasteiger charge is 2.04. The van der Waals surface area contributed by atoms with Crippen LogP contribution in [0.15, 0.2) is 36.4 Å². The molecule has 2 aromatic rings. The number of rotatable bonds is 3. The summed E-state index contributed by atoms with van der Waals surface area (Å²) in [5.74, 6) is 5.96. The van der Waals surface area contributed by atoms with Crippen LogP contribution >= 0.6 is 11.6 Å². The average Bonchev–Trinajstić information content (AvgIpc) is 2.43. The Labute approximate surface area is 129 Å². The molecule has 0 bridgehead atoms. The van der Waals surface area contributed by atoms with E-state index >= 15 is 0 Å². The summed E-state index contributed by atoms with van der Waals surface area (Å²) in [5, 5.41) is 0. The molecular weight excluding hydrogens is 287 g/mol. The summed E-state index contributed by atoms with van der Waals surface area (Å²) in [6.07, 6.45) is 0. The van der Waals surface area contributed by atoms with Crippen molar-refractivity contribution in [2.45, 2.75) is 20.5 Å². The molecule has 0 saturated heterocycles. The Morgan fingerprint density at radius 2 is 1.81 bits per heavy atom. The monoisotopic (exact) mass is 302 g/mol. The van der Waals surface area contributed by atoms with E-state index in [1.807, 2.05) is 13.8 Å². The van der Waals surface area contributed by atoms with Gasteiger partial charge in [-0.3, -0.25) is 0 Å². The largest absolute Gasteiger partial charge is 0.488 e. The molecule has 0 saturated carbocycles. The molecular formula is C18H16ClFO. The van der Waals surface area contributed by atoms with Crippen LogP contribution in [-0.2, 0) is 6.61 Å². The fourth-order valence-corrected chi connectivity index (χ4v) is 2.23. The zero-order valence-corrected chi connectivity index (χ0v) is 12.8. The second-order valence-corrected chi connectivity index (χ2v) is 5.13. The minimum atomic E-state index is -0.340. The van der Waals surface area contributed by atoms with Gasteiger partial charge in [-0.15, -0.1) is 11.6 Å². The number of hydrogen-bond acceptors (Lipinski definition) is 1. The summed E-state index contributed by atoms with van der Waals surface area (Å²) < 4.78 is 19.1. The smallest absolute Gasteiger partial charge is 0.135 e. The predicted octanol–water partition coefficient (Wildman–Crippen LogP) is 4.61. The number of benzene rings is 2. The standard InChI is InChI=1S/C18H16ClFO/c1-13-8-14(2)10-15(9-13)12-21-18-6-5-17(20)11-16(18)4-3-7-19/h5-6,8-11H,7,12H2,1-2H3. The highest BCUT2D eigenvalue weighted by molar-refractivity contribution is 6.19. The number of halogens is 2. The Balaban J connectivity index is 2.19. The first-order valence-electron chi connectivity index (χ1n) is 6.63. The average molecular weight is 303 g/mol. The molecule has 0 aliphatic rings. The predicted molar refractivity (Wildman–Crippen MR) is 84.2 cm³/mol. The molecule has 0 atom stereocenters. The Morgan fingerprint density at radius 3 is 2.48 bits per heavy atom. The first-order valence-corrected chi connectivity index (χ1v) is 7.16. The molecule has 2 aromatic carbocycles. The Bertz CT molecular complexity index is 678. The van der Waals surface area contributed by atoms with E-state index in [1.54, 1.807) is 6.07 Å². The Morgan fingerprint density at radius 1 is 1.10 bits per heavy atom. The first kappa shape index (κ1) is 15.4. The van der Waals surface area contributed by atoms with Crippen molar-refractivity contribution in [3.05, 3.63) is 64.5 Å². The highest BCUT2D eigenvalue weighted by atomic mass is 35.5. The molecule has 0 radical (unpaired) electrons. The molecule has 0 fully saturated rings. The molecule has 0 spiro atoms. The summed E-state index contributed by atoms with van der Waals surface area (Å²) in [6, 6.07) is 10.6. The van der Waals surface area contributed by atoms with Crippen molar-refractivity contribution in [3.8, 4) is 17.6 Å². The number of alkyl halides is 1. The van der Waals surface area contributed by atoms with E-state index < -0.39 is 0 Å². The molecule has 108 valence electrons. The van der Waals surface area contributed by atoms with Gasteiger partial charge in [-0.1, -0.05) is 41.2 Å². The van der Waals surface area contributed by atoms with Gasteiger partial charge in [0.25, 0.3) is 0 Å². The van der Waals surface area contributed by atoms with Crippen molar-refractivity contribution >= 4 is 11.6 Å². The molecule has 1 nitrogen and oxygen atoms in total. The van der Waals surface area contributed by atoms with E-state index in [-0.39, 0.29) is 11.7 Å². The number of aryl methyl sites for hydroxylation is 2. The first-order chi connectivity index (χ1) is 10.1. The maximum absolute atomic E-state index is 13.3. The summed E-state index contributed by atoms with van der Waals surface area (Å²) >= 11 is 5.54. The molecule has 0 N–H and O–H groups in total. The molecule has 2 rings (SSSR count). The van der Waals surface area contributed by atoms with Crippen molar-refractivity contribution in [2.75, 3.05) is 5.88 Å². The van der Waals surface area contributed by atoms with Gasteiger partial charge in [-0.05, 0) is 37.6 Å². The summed E-state index contributed by atoms with van der Waals surface area (Å²) in [4.78, 5) is 0. The topological polar surface area (TPSA) is 9.23 Å². The van der Waals surface area contributed by atoms with E-state index in [0.29, 0.717) is 17.9 Å². The summed E-state index contributed by atoms with van der Waals surface area (Å²) in [5.41, 5.74) is 3.97. The molecule has 0 heterocycles. The van der Waals surface area contributed by atoms with Gasteiger partial charge in [0.05, 0.1) is 11.4 Å². The third kappa shape index (κ3) is 4.51. The lowest BCUT2D eigenvalue weighted by Gasteiger charge is -2.10. The molecule has 0 aliphatic heterocycles. The minimum Gasteiger partial charge on any atom is -0.488 e. The molecule has 0 unspecified atom stereocenters.